The molecule has 0 saturated heterocycles. The highest BCUT2D eigenvalue weighted by Crippen LogP contribution is 2.32. The number of amides is 1. The molecule has 0 aliphatic heterocycles. The highest BCUT2D eigenvalue weighted by molar-refractivity contribution is 7.13. The number of hydrogen-bond acceptors (Lipinski definition) is 3. The third-order valence-electron chi connectivity index (χ3n) is 2.34. The summed E-state index contributed by atoms with van der Waals surface area (Å²) in [7, 11) is 0. The van der Waals surface area contributed by atoms with E-state index in [2.05, 4.69) is 10.3 Å². The van der Waals surface area contributed by atoms with E-state index >= 15 is 0 Å². The van der Waals surface area contributed by atoms with E-state index in [-0.39, 0.29) is 5.56 Å². The van der Waals surface area contributed by atoms with Crippen LogP contribution in [0.4, 0.5) is 18.3 Å². The predicted molar refractivity (Wildman–Crippen MR) is 71.2 cm³/mol. The fraction of sp³-hybridized carbons (Fsp3) is 0.0769. The van der Waals surface area contributed by atoms with Gasteiger partial charge in [-0.25, -0.2) is 4.98 Å². The summed E-state index contributed by atoms with van der Waals surface area (Å²) in [5.41, 5.74) is -0.840. The normalized spacial score (nSPS) is 11.8. The zero-order valence-electron chi connectivity index (χ0n) is 10.0. The molecule has 0 spiro atoms. The Morgan fingerprint density at radius 3 is 2.70 bits per heavy atom. The molecule has 104 valence electrons. The Kier molecular flexibility index (Phi) is 4.19. The first-order chi connectivity index (χ1) is 9.47. The van der Waals surface area contributed by atoms with Crippen LogP contribution in [0.2, 0.25) is 0 Å². The van der Waals surface area contributed by atoms with E-state index in [1.165, 1.54) is 35.7 Å². The van der Waals surface area contributed by atoms with E-state index in [4.69, 9.17) is 0 Å². The van der Waals surface area contributed by atoms with Crippen molar-refractivity contribution >= 4 is 28.5 Å². The van der Waals surface area contributed by atoms with Gasteiger partial charge < -0.3 is 0 Å². The number of anilines is 1. The number of carbonyl (C=O) groups is 1. The molecule has 2 aromatic rings. The molecule has 0 radical (unpaired) electrons. The number of nitrogens with one attached hydrogen (secondary N) is 1. The predicted octanol–water partition coefficient (Wildman–Crippen LogP) is 3.81. The molecule has 1 heterocycles. The summed E-state index contributed by atoms with van der Waals surface area (Å²) in [6.45, 7) is 0. The molecule has 7 heteroatoms. The van der Waals surface area contributed by atoms with Gasteiger partial charge in [-0.05, 0) is 17.7 Å². The Balaban J connectivity index is 2.14. The molecule has 1 N–H and O–H groups in total. The molecule has 0 fully saturated rings. The number of halogens is 3. The number of alkyl halides is 3. The number of benzene rings is 1. The number of carbonyl (C=O) groups excluding carboxylic acids is 1. The Morgan fingerprint density at radius 1 is 1.30 bits per heavy atom. The molecule has 0 unspecified atom stereocenters. The van der Waals surface area contributed by atoms with Gasteiger partial charge in [-0.15, -0.1) is 11.3 Å². The van der Waals surface area contributed by atoms with Crippen molar-refractivity contribution in [1.82, 2.24) is 4.98 Å². The van der Waals surface area contributed by atoms with Crippen molar-refractivity contribution in [2.75, 3.05) is 5.32 Å². The number of thiazole rings is 1. The zero-order valence-corrected chi connectivity index (χ0v) is 10.8. The van der Waals surface area contributed by atoms with E-state index in [1.807, 2.05) is 0 Å². The van der Waals surface area contributed by atoms with Gasteiger partial charge in [-0.2, -0.15) is 13.2 Å². The van der Waals surface area contributed by atoms with Gasteiger partial charge in [0.25, 0.3) is 0 Å². The Labute approximate surface area is 116 Å². The van der Waals surface area contributed by atoms with Crippen LogP contribution in [-0.4, -0.2) is 10.9 Å². The summed E-state index contributed by atoms with van der Waals surface area (Å²) in [5, 5.41) is 4.52. The minimum absolute atomic E-state index is 0.0608. The first kappa shape index (κ1) is 14.3. The van der Waals surface area contributed by atoms with Gasteiger partial charge in [0.05, 0.1) is 5.56 Å². The third-order valence-corrected chi connectivity index (χ3v) is 3.03. The molecule has 0 saturated carbocycles. The van der Waals surface area contributed by atoms with Crippen molar-refractivity contribution in [2.24, 2.45) is 0 Å². The smallest absolute Gasteiger partial charge is 0.298 e. The summed E-state index contributed by atoms with van der Waals surface area (Å²) < 4.78 is 38.2. The summed E-state index contributed by atoms with van der Waals surface area (Å²) in [6.07, 6.45) is -0.757. The second kappa shape index (κ2) is 5.87. The number of nitrogens with zero attached hydrogens (tertiary/aromatic N) is 1. The van der Waals surface area contributed by atoms with Crippen LogP contribution in [0.1, 0.15) is 11.1 Å². The van der Waals surface area contributed by atoms with Gasteiger partial charge >= 0.3 is 6.18 Å². The second-order valence-corrected chi connectivity index (χ2v) is 4.64. The maximum absolute atomic E-state index is 12.7. The number of hydrogen-bond donors (Lipinski definition) is 1. The monoisotopic (exact) mass is 298 g/mol. The third kappa shape index (κ3) is 3.67. The van der Waals surface area contributed by atoms with Gasteiger partial charge in [0, 0.05) is 17.7 Å². The van der Waals surface area contributed by atoms with Crippen molar-refractivity contribution in [1.29, 1.82) is 0 Å². The Bertz CT molecular complexity index is 621. The molecular weight excluding hydrogens is 289 g/mol. The minimum atomic E-state index is -4.45. The SMILES string of the molecule is O=C(/C=C/c1ccccc1C(F)(F)F)Nc1nccs1. The average molecular weight is 298 g/mol. The molecule has 1 aromatic carbocycles. The average Bonchev–Trinajstić information content (AvgIpc) is 2.88. The van der Waals surface area contributed by atoms with Crippen LogP contribution in [0.15, 0.2) is 41.9 Å². The van der Waals surface area contributed by atoms with Crippen LogP contribution < -0.4 is 5.32 Å². The van der Waals surface area contributed by atoms with Crippen LogP contribution in [0.25, 0.3) is 6.08 Å². The molecular formula is C13H9F3N2OS. The summed E-state index contributed by atoms with van der Waals surface area (Å²) >= 11 is 1.22. The lowest BCUT2D eigenvalue weighted by Gasteiger charge is -2.09. The molecule has 1 amide bonds. The molecule has 2 rings (SSSR count). The minimum Gasteiger partial charge on any atom is -0.298 e. The molecule has 0 bridgehead atoms. The number of aromatic nitrogens is 1. The van der Waals surface area contributed by atoms with Crippen LogP contribution in [0.5, 0.6) is 0 Å². The van der Waals surface area contributed by atoms with Crippen LogP contribution in [-0.2, 0) is 11.0 Å². The van der Waals surface area contributed by atoms with Gasteiger partial charge in [-0.3, -0.25) is 10.1 Å². The largest absolute Gasteiger partial charge is 0.416 e. The van der Waals surface area contributed by atoms with Crippen LogP contribution >= 0.6 is 11.3 Å². The summed E-state index contributed by atoms with van der Waals surface area (Å²) in [5.74, 6) is -0.531. The highest BCUT2D eigenvalue weighted by Gasteiger charge is 2.32. The van der Waals surface area contributed by atoms with Gasteiger partial charge in [-0.1, -0.05) is 18.2 Å². The molecule has 1 aromatic heterocycles. The van der Waals surface area contributed by atoms with Gasteiger partial charge in [0.15, 0.2) is 5.13 Å². The van der Waals surface area contributed by atoms with E-state index in [0.29, 0.717) is 5.13 Å². The Morgan fingerprint density at radius 2 is 2.05 bits per heavy atom. The zero-order chi connectivity index (χ0) is 14.6. The van der Waals surface area contributed by atoms with E-state index in [1.54, 1.807) is 5.38 Å². The van der Waals surface area contributed by atoms with E-state index in [0.717, 1.165) is 18.2 Å². The fourth-order valence-corrected chi connectivity index (χ4v) is 2.03. The van der Waals surface area contributed by atoms with Crippen molar-refractivity contribution < 1.29 is 18.0 Å². The quantitative estimate of drug-likeness (QED) is 0.875. The molecule has 0 aliphatic carbocycles. The van der Waals surface area contributed by atoms with Crippen LogP contribution in [0, 0.1) is 0 Å². The Hall–Kier alpha value is -2.15. The van der Waals surface area contributed by atoms with Gasteiger partial charge in [0.1, 0.15) is 0 Å². The van der Waals surface area contributed by atoms with Crippen molar-refractivity contribution in [3.8, 4) is 0 Å². The van der Waals surface area contributed by atoms with E-state index < -0.39 is 17.6 Å². The standard InChI is InChI=1S/C13H9F3N2OS/c14-13(15,16)10-4-2-1-3-9(10)5-6-11(19)18-12-17-7-8-20-12/h1-8H,(H,17,18,19)/b6-5+. The first-order valence-electron chi connectivity index (χ1n) is 5.51. The lowest BCUT2D eigenvalue weighted by molar-refractivity contribution is -0.137. The molecule has 0 aliphatic rings. The number of rotatable bonds is 3. The van der Waals surface area contributed by atoms with Crippen molar-refractivity contribution in [3.63, 3.8) is 0 Å². The maximum Gasteiger partial charge on any atom is 0.416 e. The first-order valence-corrected chi connectivity index (χ1v) is 6.39. The summed E-state index contributed by atoms with van der Waals surface area (Å²) in [4.78, 5) is 15.4. The summed E-state index contributed by atoms with van der Waals surface area (Å²) in [6, 6.07) is 5.05. The van der Waals surface area contributed by atoms with Crippen molar-refractivity contribution in [2.45, 2.75) is 6.18 Å². The van der Waals surface area contributed by atoms with Crippen LogP contribution in [0.3, 0.4) is 0 Å². The molecule has 0 atom stereocenters. The molecule has 20 heavy (non-hydrogen) atoms. The lowest BCUT2D eigenvalue weighted by Crippen LogP contribution is -2.09. The topological polar surface area (TPSA) is 42.0 Å². The van der Waals surface area contributed by atoms with Gasteiger partial charge in [0.2, 0.25) is 5.91 Å². The lowest BCUT2D eigenvalue weighted by atomic mass is 10.1. The van der Waals surface area contributed by atoms with E-state index in [9.17, 15) is 18.0 Å². The fourth-order valence-electron chi connectivity index (χ4n) is 1.50. The molecule has 3 nitrogen and oxygen atoms in total. The second-order valence-electron chi connectivity index (χ2n) is 3.74. The maximum atomic E-state index is 12.7. The van der Waals surface area contributed by atoms with Crippen molar-refractivity contribution in [3.05, 3.63) is 53.0 Å². The highest BCUT2D eigenvalue weighted by atomic mass is 32.1.